The zero-order valence-electron chi connectivity index (χ0n) is 12.6. The molecule has 1 aliphatic heterocycles. The number of thioether (sulfide) groups is 1. The van der Waals surface area contributed by atoms with Crippen LogP contribution in [0.1, 0.15) is 18.9 Å². The van der Waals surface area contributed by atoms with E-state index in [4.69, 9.17) is 0 Å². The minimum absolute atomic E-state index is 0.690. The molecule has 3 rings (SSSR count). The summed E-state index contributed by atoms with van der Waals surface area (Å²) in [4.78, 5) is 4.05. The van der Waals surface area contributed by atoms with E-state index >= 15 is 0 Å². The highest BCUT2D eigenvalue weighted by Gasteiger charge is 2.30. The van der Waals surface area contributed by atoms with E-state index in [0.717, 1.165) is 12.5 Å². The molecule has 0 amide bonds. The van der Waals surface area contributed by atoms with Gasteiger partial charge in [-0.1, -0.05) is 55.5 Å². The van der Waals surface area contributed by atoms with Crippen molar-refractivity contribution in [3.05, 3.63) is 66.2 Å². The lowest BCUT2D eigenvalue weighted by Gasteiger charge is -2.26. The van der Waals surface area contributed by atoms with Crippen LogP contribution < -0.4 is 0 Å². The van der Waals surface area contributed by atoms with Crippen molar-refractivity contribution >= 4 is 11.8 Å². The lowest BCUT2D eigenvalue weighted by molar-refractivity contribution is 0.243. The maximum atomic E-state index is 2.66. The first-order valence-corrected chi connectivity index (χ1v) is 8.77. The molecule has 2 aromatic rings. The molecule has 1 nitrogen and oxygen atoms in total. The first-order chi connectivity index (χ1) is 10.3. The Balaban J connectivity index is 1.61. The molecule has 1 saturated heterocycles. The SMILES string of the molecule is C[C@@H]1CCN(Cc2ccccc2)[C@H]1CSc1ccccc1. The first kappa shape index (κ1) is 14.7. The third-order valence-electron chi connectivity index (χ3n) is 4.39. The highest BCUT2D eigenvalue weighted by atomic mass is 32.2. The molecule has 0 spiro atoms. The Morgan fingerprint density at radius 1 is 1.00 bits per heavy atom. The van der Waals surface area contributed by atoms with Gasteiger partial charge in [0.2, 0.25) is 0 Å². The van der Waals surface area contributed by atoms with Gasteiger partial charge in [0.25, 0.3) is 0 Å². The minimum atomic E-state index is 0.690. The summed E-state index contributed by atoms with van der Waals surface area (Å²) in [6.07, 6.45) is 1.33. The van der Waals surface area contributed by atoms with Gasteiger partial charge in [0.05, 0.1) is 0 Å². The lowest BCUT2D eigenvalue weighted by atomic mass is 10.0. The molecular formula is C19H23NS. The average Bonchev–Trinajstić information content (AvgIpc) is 2.87. The van der Waals surface area contributed by atoms with Crippen molar-refractivity contribution in [2.75, 3.05) is 12.3 Å². The molecule has 0 bridgehead atoms. The summed E-state index contributed by atoms with van der Waals surface area (Å²) in [6.45, 7) is 4.72. The van der Waals surface area contributed by atoms with Crippen molar-refractivity contribution in [2.45, 2.75) is 30.8 Å². The minimum Gasteiger partial charge on any atom is -0.295 e. The summed E-state index contributed by atoms with van der Waals surface area (Å²) in [5, 5.41) is 0. The van der Waals surface area contributed by atoms with Crippen LogP contribution in [-0.4, -0.2) is 23.2 Å². The topological polar surface area (TPSA) is 3.24 Å². The first-order valence-electron chi connectivity index (χ1n) is 7.79. The molecule has 0 N–H and O–H groups in total. The van der Waals surface area contributed by atoms with Crippen molar-refractivity contribution in [1.29, 1.82) is 0 Å². The van der Waals surface area contributed by atoms with E-state index in [-0.39, 0.29) is 0 Å². The molecule has 21 heavy (non-hydrogen) atoms. The maximum absolute atomic E-state index is 2.66. The van der Waals surface area contributed by atoms with E-state index in [2.05, 4.69) is 72.5 Å². The van der Waals surface area contributed by atoms with Gasteiger partial charge in [0.15, 0.2) is 0 Å². The van der Waals surface area contributed by atoms with Crippen LogP contribution in [0.5, 0.6) is 0 Å². The van der Waals surface area contributed by atoms with Crippen LogP contribution in [0.25, 0.3) is 0 Å². The molecule has 1 aliphatic rings. The Bertz CT molecular complexity index is 540. The fraction of sp³-hybridized carbons (Fsp3) is 0.368. The van der Waals surface area contributed by atoms with Gasteiger partial charge in [0.1, 0.15) is 0 Å². The van der Waals surface area contributed by atoms with Crippen LogP contribution in [0.15, 0.2) is 65.6 Å². The molecule has 0 aromatic heterocycles. The van der Waals surface area contributed by atoms with E-state index in [1.165, 1.54) is 29.2 Å². The van der Waals surface area contributed by atoms with Gasteiger partial charge in [-0.2, -0.15) is 0 Å². The molecule has 0 aliphatic carbocycles. The monoisotopic (exact) mass is 297 g/mol. The summed E-state index contributed by atoms with van der Waals surface area (Å²) in [7, 11) is 0. The molecule has 2 aromatic carbocycles. The number of rotatable bonds is 5. The third-order valence-corrected chi connectivity index (χ3v) is 5.50. The average molecular weight is 297 g/mol. The highest BCUT2D eigenvalue weighted by Crippen LogP contribution is 2.30. The predicted octanol–water partition coefficient (Wildman–Crippen LogP) is 4.69. The fourth-order valence-corrected chi connectivity index (χ4v) is 4.32. The Hall–Kier alpha value is -1.25. The molecule has 1 fully saturated rings. The quantitative estimate of drug-likeness (QED) is 0.737. The smallest absolute Gasteiger partial charge is 0.0237 e. The molecule has 0 radical (unpaired) electrons. The van der Waals surface area contributed by atoms with Crippen LogP contribution in [0, 0.1) is 5.92 Å². The Morgan fingerprint density at radius 2 is 1.67 bits per heavy atom. The van der Waals surface area contributed by atoms with Gasteiger partial charge in [-0.05, 0) is 36.6 Å². The Morgan fingerprint density at radius 3 is 2.38 bits per heavy atom. The van der Waals surface area contributed by atoms with Crippen LogP contribution in [-0.2, 0) is 6.54 Å². The summed E-state index contributed by atoms with van der Waals surface area (Å²) < 4.78 is 0. The van der Waals surface area contributed by atoms with E-state index in [9.17, 15) is 0 Å². The highest BCUT2D eigenvalue weighted by molar-refractivity contribution is 7.99. The fourth-order valence-electron chi connectivity index (χ4n) is 3.07. The van der Waals surface area contributed by atoms with Gasteiger partial charge >= 0.3 is 0 Å². The Kier molecular flexibility index (Phi) is 5.00. The molecular weight excluding hydrogens is 274 g/mol. The molecule has 0 saturated carbocycles. The second-order valence-electron chi connectivity index (χ2n) is 5.91. The summed E-state index contributed by atoms with van der Waals surface area (Å²) in [5.74, 6) is 1.99. The Labute approximate surface area is 132 Å². The van der Waals surface area contributed by atoms with Crippen molar-refractivity contribution in [3.8, 4) is 0 Å². The predicted molar refractivity (Wildman–Crippen MR) is 91.6 cm³/mol. The van der Waals surface area contributed by atoms with Gasteiger partial charge in [0, 0.05) is 23.2 Å². The zero-order valence-corrected chi connectivity index (χ0v) is 13.4. The van der Waals surface area contributed by atoms with Gasteiger partial charge in [-0.15, -0.1) is 11.8 Å². The summed E-state index contributed by atoms with van der Waals surface area (Å²) in [5.41, 5.74) is 1.43. The van der Waals surface area contributed by atoms with Crippen molar-refractivity contribution in [3.63, 3.8) is 0 Å². The molecule has 1 heterocycles. The van der Waals surface area contributed by atoms with Crippen molar-refractivity contribution < 1.29 is 0 Å². The summed E-state index contributed by atoms with van der Waals surface area (Å²) >= 11 is 1.99. The molecule has 110 valence electrons. The van der Waals surface area contributed by atoms with Crippen molar-refractivity contribution in [2.24, 2.45) is 5.92 Å². The lowest BCUT2D eigenvalue weighted by Crippen LogP contribution is -2.33. The molecule has 2 heteroatoms. The van der Waals surface area contributed by atoms with Crippen LogP contribution in [0.3, 0.4) is 0 Å². The zero-order chi connectivity index (χ0) is 14.5. The van der Waals surface area contributed by atoms with Crippen molar-refractivity contribution in [1.82, 2.24) is 4.90 Å². The largest absolute Gasteiger partial charge is 0.295 e. The second kappa shape index (κ2) is 7.15. The normalized spacial score (nSPS) is 22.5. The van der Waals surface area contributed by atoms with Crippen LogP contribution in [0.4, 0.5) is 0 Å². The molecule has 0 unspecified atom stereocenters. The van der Waals surface area contributed by atoms with E-state index in [1.54, 1.807) is 0 Å². The number of hydrogen-bond donors (Lipinski definition) is 0. The van der Waals surface area contributed by atoms with Crippen LogP contribution in [0.2, 0.25) is 0 Å². The number of benzene rings is 2. The summed E-state index contributed by atoms with van der Waals surface area (Å²) in [6, 6.07) is 22.3. The second-order valence-corrected chi connectivity index (χ2v) is 7.01. The van der Waals surface area contributed by atoms with Crippen LogP contribution >= 0.6 is 11.8 Å². The van der Waals surface area contributed by atoms with Gasteiger partial charge < -0.3 is 0 Å². The number of likely N-dealkylation sites (tertiary alicyclic amines) is 1. The third kappa shape index (κ3) is 3.90. The van der Waals surface area contributed by atoms with Gasteiger partial charge in [-0.25, -0.2) is 0 Å². The standard InChI is InChI=1S/C19H23NS/c1-16-12-13-20(14-17-8-4-2-5-9-17)19(16)15-21-18-10-6-3-7-11-18/h2-11,16,19H,12-15H2,1H3/t16-,19+/m1/s1. The number of hydrogen-bond acceptors (Lipinski definition) is 2. The van der Waals surface area contributed by atoms with E-state index in [0.29, 0.717) is 6.04 Å². The van der Waals surface area contributed by atoms with E-state index < -0.39 is 0 Å². The molecule has 2 atom stereocenters. The number of nitrogens with zero attached hydrogens (tertiary/aromatic N) is 1. The maximum Gasteiger partial charge on any atom is 0.0237 e. The van der Waals surface area contributed by atoms with Gasteiger partial charge in [-0.3, -0.25) is 4.90 Å². The van der Waals surface area contributed by atoms with E-state index in [1.807, 2.05) is 11.8 Å².